The summed E-state index contributed by atoms with van der Waals surface area (Å²) >= 11 is 3.07. The number of benzene rings is 1. The summed E-state index contributed by atoms with van der Waals surface area (Å²) in [4.78, 5) is 21.1. The molecule has 0 amide bonds. The van der Waals surface area contributed by atoms with E-state index in [1.165, 1.54) is 18.2 Å². The van der Waals surface area contributed by atoms with Gasteiger partial charge in [-0.2, -0.15) is 0 Å². The first-order valence-electron chi connectivity index (χ1n) is 4.17. The Balaban J connectivity index is 2.93. The summed E-state index contributed by atoms with van der Waals surface area (Å²) in [5, 5.41) is 11.1. The van der Waals surface area contributed by atoms with Crippen LogP contribution >= 0.6 is 15.9 Å². The van der Waals surface area contributed by atoms with Gasteiger partial charge in [0.25, 0.3) is 5.69 Å². The summed E-state index contributed by atoms with van der Waals surface area (Å²) in [6.07, 6.45) is 0. The lowest BCUT2D eigenvalue weighted by molar-refractivity contribution is -0.383. The summed E-state index contributed by atoms with van der Waals surface area (Å²) in [7, 11) is 0. The van der Waals surface area contributed by atoms with Crippen LogP contribution in [0.3, 0.4) is 0 Å². The Labute approximate surface area is 96.9 Å². The van der Waals surface area contributed by atoms with Gasteiger partial charge in [-0.1, -0.05) is 0 Å². The Bertz CT molecular complexity index is 650. The first-order valence-corrected chi connectivity index (χ1v) is 4.96. The van der Waals surface area contributed by atoms with Crippen LogP contribution in [0.5, 0.6) is 0 Å². The number of nitrogens with zero attached hydrogens (tertiary/aromatic N) is 1. The monoisotopic (exact) mass is 284 g/mol. The van der Waals surface area contributed by atoms with E-state index in [-0.39, 0.29) is 21.4 Å². The molecule has 1 heterocycles. The van der Waals surface area contributed by atoms with Crippen molar-refractivity contribution in [3.8, 4) is 0 Å². The van der Waals surface area contributed by atoms with Gasteiger partial charge in [0.15, 0.2) is 5.58 Å². The highest BCUT2D eigenvalue weighted by molar-refractivity contribution is 9.10. The summed E-state index contributed by atoms with van der Waals surface area (Å²) in [6, 6.07) is 3.89. The molecule has 0 spiro atoms. The van der Waals surface area contributed by atoms with Gasteiger partial charge in [0.1, 0.15) is 5.69 Å². The number of rotatable bonds is 1. The molecule has 0 fully saturated rings. The van der Waals surface area contributed by atoms with E-state index in [4.69, 9.17) is 10.2 Å². The van der Waals surface area contributed by atoms with Crippen molar-refractivity contribution in [2.45, 2.75) is 0 Å². The normalized spacial score (nSPS) is 10.6. The molecule has 0 saturated heterocycles. The fourth-order valence-corrected chi connectivity index (χ4v) is 1.84. The molecule has 1 aromatic heterocycles. The van der Waals surface area contributed by atoms with Crippen LogP contribution < -0.4 is 11.4 Å². The standard InChI is InChI=1S/C9H5BrN2O4/c10-7-8(11)5(12(14)15)3-4-1-2-6(13)16-9(4)7/h1-3H,11H2. The van der Waals surface area contributed by atoms with Crippen molar-refractivity contribution >= 4 is 38.3 Å². The van der Waals surface area contributed by atoms with Crippen molar-refractivity contribution in [3.05, 3.63) is 43.2 Å². The average molecular weight is 285 g/mol. The molecule has 0 bridgehead atoms. The van der Waals surface area contributed by atoms with Crippen molar-refractivity contribution in [3.63, 3.8) is 0 Å². The Morgan fingerprint density at radius 3 is 2.75 bits per heavy atom. The summed E-state index contributed by atoms with van der Waals surface area (Å²) < 4.78 is 5.12. The smallest absolute Gasteiger partial charge is 0.336 e. The van der Waals surface area contributed by atoms with Gasteiger partial charge >= 0.3 is 5.63 Å². The zero-order chi connectivity index (χ0) is 11.9. The van der Waals surface area contributed by atoms with E-state index in [9.17, 15) is 14.9 Å². The molecular weight excluding hydrogens is 280 g/mol. The van der Waals surface area contributed by atoms with Crippen LogP contribution in [0.1, 0.15) is 0 Å². The molecule has 0 saturated carbocycles. The first-order chi connectivity index (χ1) is 7.50. The number of halogens is 1. The third kappa shape index (κ3) is 1.54. The lowest BCUT2D eigenvalue weighted by Crippen LogP contribution is -2.00. The van der Waals surface area contributed by atoms with E-state index in [2.05, 4.69) is 15.9 Å². The van der Waals surface area contributed by atoms with Crippen LogP contribution in [-0.2, 0) is 0 Å². The molecule has 0 aliphatic heterocycles. The van der Waals surface area contributed by atoms with Gasteiger partial charge in [-0.25, -0.2) is 4.79 Å². The zero-order valence-electron chi connectivity index (χ0n) is 7.77. The molecule has 0 atom stereocenters. The van der Waals surface area contributed by atoms with Crippen LogP contribution in [0.4, 0.5) is 11.4 Å². The lowest BCUT2D eigenvalue weighted by Gasteiger charge is -2.03. The average Bonchev–Trinajstić information content (AvgIpc) is 2.23. The van der Waals surface area contributed by atoms with Crippen LogP contribution in [0, 0.1) is 10.1 Å². The number of hydrogen-bond donors (Lipinski definition) is 1. The Morgan fingerprint density at radius 1 is 1.44 bits per heavy atom. The zero-order valence-corrected chi connectivity index (χ0v) is 9.35. The van der Waals surface area contributed by atoms with Gasteiger partial charge in [-0.05, 0) is 22.0 Å². The van der Waals surface area contributed by atoms with Gasteiger partial charge in [-0.3, -0.25) is 10.1 Å². The maximum absolute atomic E-state index is 11.0. The maximum atomic E-state index is 11.0. The Morgan fingerprint density at radius 2 is 2.12 bits per heavy atom. The van der Waals surface area contributed by atoms with E-state index in [0.29, 0.717) is 5.39 Å². The molecule has 6 nitrogen and oxygen atoms in total. The quantitative estimate of drug-likeness (QED) is 0.374. The molecule has 2 rings (SSSR count). The molecule has 1 aromatic carbocycles. The molecule has 0 aliphatic carbocycles. The fourth-order valence-electron chi connectivity index (χ4n) is 1.32. The molecular formula is C9H5BrN2O4. The highest BCUT2D eigenvalue weighted by atomic mass is 79.9. The van der Waals surface area contributed by atoms with Crippen LogP contribution in [0.15, 0.2) is 31.9 Å². The number of nitrogens with two attached hydrogens (primary N) is 1. The highest BCUT2D eigenvalue weighted by Crippen LogP contribution is 2.36. The molecule has 0 radical (unpaired) electrons. The lowest BCUT2D eigenvalue weighted by atomic mass is 10.2. The molecule has 16 heavy (non-hydrogen) atoms. The number of nitro benzene ring substituents is 1. The van der Waals surface area contributed by atoms with Crippen molar-refractivity contribution in [1.82, 2.24) is 0 Å². The summed E-state index contributed by atoms with van der Waals surface area (Å²) in [5.74, 6) is 0. The topological polar surface area (TPSA) is 99.4 Å². The van der Waals surface area contributed by atoms with Crippen molar-refractivity contribution in [2.24, 2.45) is 0 Å². The minimum atomic E-state index is -0.593. The van der Waals surface area contributed by atoms with Crippen LogP contribution in [0.2, 0.25) is 0 Å². The van der Waals surface area contributed by atoms with Crippen LogP contribution in [-0.4, -0.2) is 4.92 Å². The number of nitrogen functional groups attached to an aromatic ring is 1. The Kier molecular flexibility index (Phi) is 2.39. The fraction of sp³-hybridized carbons (Fsp3) is 0. The van der Waals surface area contributed by atoms with Gasteiger partial charge in [0, 0.05) is 17.5 Å². The van der Waals surface area contributed by atoms with Gasteiger partial charge in [-0.15, -0.1) is 0 Å². The number of hydrogen-bond acceptors (Lipinski definition) is 5. The second-order valence-electron chi connectivity index (χ2n) is 3.05. The van der Waals surface area contributed by atoms with Gasteiger partial charge in [0.2, 0.25) is 0 Å². The van der Waals surface area contributed by atoms with E-state index in [1.54, 1.807) is 0 Å². The molecule has 82 valence electrons. The summed E-state index contributed by atoms with van der Waals surface area (Å²) in [5.41, 5.74) is 4.92. The molecule has 2 N–H and O–H groups in total. The predicted octanol–water partition coefficient (Wildman–Crippen LogP) is 2.05. The molecule has 0 unspecified atom stereocenters. The van der Waals surface area contributed by atoms with Crippen molar-refractivity contribution in [1.29, 1.82) is 0 Å². The van der Waals surface area contributed by atoms with Crippen molar-refractivity contribution in [2.75, 3.05) is 5.73 Å². The summed E-state index contributed by atoms with van der Waals surface area (Å²) in [6.45, 7) is 0. The SMILES string of the molecule is Nc1c([N+](=O)[O-])cc2ccc(=O)oc2c1Br. The highest BCUT2D eigenvalue weighted by Gasteiger charge is 2.18. The second kappa shape index (κ2) is 3.60. The first kappa shape index (κ1) is 10.6. The van der Waals surface area contributed by atoms with Crippen LogP contribution in [0.25, 0.3) is 11.0 Å². The molecule has 0 aliphatic rings. The maximum Gasteiger partial charge on any atom is 0.336 e. The molecule has 7 heteroatoms. The number of fused-ring (bicyclic) bond motifs is 1. The largest absolute Gasteiger partial charge is 0.421 e. The Hall–Kier alpha value is -1.89. The van der Waals surface area contributed by atoms with E-state index < -0.39 is 10.5 Å². The van der Waals surface area contributed by atoms with E-state index in [1.807, 2.05) is 0 Å². The van der Waals surface area contributed by atoms with E-state index in [0.717, 1.165) is 0 Å². The minimum Gasteiger partial charge on any atom is -0.421 e. The second-order valence-corrected chi connectivity index (χ2v) is 3.85. The van der Waals surface area contributed by atoms with Gasteiger partial charge < -0.3 is 10.2 Å². The van der Waals surface area contributed by atoms with E-state index >= 15 is 0 Å². The van der Waals surface area contributed by atoms with Gasteiger partial charge in [0.05, 0.1) is 9.40 Å². The number of nitro groups is 1. The van der Waals surface area contributed by atoms with Crippen molar-refractivity contribution < 1.29 is 9.34 Å². The minimum absolute atomic E-state index is 0.0631. The number of anilines is 1. The third-order valence-corrected chi connectivity index (χ3v) is 2.85. The molecule has 2 aromatic rings. The third-order valence-electron chi connectivity index (χ3n) is 2.06. The predicted molar refractivity (Wildman–Crippen MR) is 61.3 cm³/mol.